The Balaban J connectivity index is 1.95. The van der Waals surface area contributed by atoms with Crippen LogP contribution < -0.4 is 0 Å². The third-order valence-corrected chi connectivity index (χ3v) is 5.04. The van der Waals surface area contributed by atoms with Gasteiger partial charge in [-0.15, -0.1) is 11.3 Å². The zero-order chi connectivity index (χ0) is 15.3. The summed E-state index contributed by atoms with van der Waals surface area (Å²) in [5, 5.41) is 10.0. The van der Waals surface area contributed by atoms with E-state index in [1.807, 2.05) is 6.07 Å². The summed E-state index contributed by atoms with van der Waals surface area (Å²) in [6, 6.07) is 3.66. The molecule has 1 unspecified atom stereocenters. The van der Waals surface area contributed by atoms with Gasteiger partial charge in [0.1, 0.15) is 0 Å². The number of rotatable bonds is 13. The minimum Gasteiger partial charge on any atom is -0.388 e. The Morgan fingerprint density at radius 2 is 1.57 bits per heavy atom. The predicted octanol–water partition coefficient (Wildman–Crippen LogP) is 5.91. The Labute approximate surface area is 133 Å². The molecule has 0 aliphatic carbocycles. The van der Waals surface area contributed by atoms with Crippen LogP contribution in [0.4, 0.5) is 0 Å². The Morgan fingerprint density at radius 1 is 1.00 bits per heavy atom. The van der Waals surface area contributed by atoms with E-state index in [1.54, 1.807) is 6.07 Å². The van der Waals surface area contributed by atoms with Crippen molar-refractivity contribution < 1.29 is 9.90 Å². The molecule has 1 atom stereocenters. The average molecular weight is 311 g/mol. The number of hydrogen-bond acceptors (Lipinski definition) is 3. The van der Waals surface area contributed by atoms with Crippen molar-refractivity contribution in [2.45, 2.75) is 83.7 Å². The van der Waals surface area contributed by atoms with Crippen molar-refractivity contribution >= 4 is 17.6 Å². The van der Waals surface area contributed by atoms with Gasteiger partial charge >= 0.3 is 0 Å². The number of carbonyl (C=O) groups excluding carboxylic acids is 1. The minimum absolute atomic E-state index is 0.391. The molecule has 3 heteroatoms. The van der Waals surface area contributed by atoms with E-state index in [0.717, 1.165) is 24.0 Å². The number of thiophene rings is 1. The van der Waals surface area contributed by atoms with Crippen LogP contribution in [0.2, 0.25) is 0 Å². The molecular formula is C18H30O2S. The molecule has 0 radical (unpaired) electrons. The highest BCUT2D eigenvalue weighted by atomic mass is 32.1. The monoisotopic (exact) mass is 310 g/mol. The molecule has 21 heavy (non-hydrogen) atoms. The van der Waals surface area contributed by atoms with Gasteiger partial charge in [0.05, 0.1) is 11.0 Å². The van der Waals surface area contributed by atoms with E-state index in [-0.39, 0.29) is 0 Å². The zero-order valence-corrected chi connectivity index (χ0v) is 14.2. The number of unbranched alkanes of at least 4 members (excludes halogenated alkanes) is 9. The van der Waals surface area contributed by atoms with Crippen molar-refractivity contribution in [3.63, 3.8) is 0 Å². The SMILES string of the molecule is CCCCCCCCCCCCC(O)c1ccc(C=O)s1. The second-order valence-corrected chi connectivity index (χ2v) is 6.99. The maximum absolute atomic E-state index is 10.6. The number of aliphatic hydroxyl groups excluding tert-OH is 1. The summed E-state index contributed by atoms with van der Waals surface area (Å²) in [4.78, 5) is 12.2. The highest BCUT2D eigenvalue weighted by molar-refractivity contribution is 7.13. The number of aldehydes is 1. The predicted molar refractivity (Wildman–Crippen MR) is 91.1 cm³/mol. The molecule has 1 rings (SSSR count). The minimum atomic E-state index is -0.391. The van der Waals surface area contributed by atoms with Gasteiger partial charge in [-0.3, -0.25) is 4.79 Å². The number of carbonyl (C=O) groups is 1. The molecule has 0 saturated heterocycles. The van der Waals surface area contributed by atoms with Gasteiger partial charge in [-0.05, 0) is 18.6 Å². The average Bonchev–Trinajstić information content (AvgIpc) is 2.98. The van der Waals surface area contributed by atoms with E-state index >= 15 is 0 Å². The Bertz CT molecular complexity index is 373. The molecule has 0 saturated carbocycles. The van der Waals surface area contributed by atoms with Crippen LogP contribution in [0, 0.1) is 0 Å². The van der Waals surface area contributed by atoms with Gasteiger partial charge in [0.25, 0.3) is 0 Å². The third kappa shape index (κ3) is 8.37. The first-order chi connectivity index (χ1) is 10.3. The van der Waals surface area contributed by atoms with Crippen LogP contribution in [0.1, 0.15) is 98.2 Å². The summed E-state index contributed by atoms with van der Waals surface area (Å²) in [5.41, 5.74) is 0. The van der Waals surface area contributed by atoms with Crippen LogP contribution in [-0.4, -0.2) is 11.4 Å². The van der Waals surface area contributed by atoms with Crippen LogP contribution in [0.25, 0.3) is 0 Å². The molecule has 1 aromatic heterocycles. The summed E-state index contributed by atoms with van der Waals surface area (Å²) in [5.74, 6) is 0. The van der Waals surface area contributed by atoms with Gasteiger partial charge in [-0.25, -0.2) is 0 Å². The topological polar surface area (TPSA) is 37.3 Å². The van der Waals surface area contributed by atoms with Gasteiger partial charge < -0.3 is 5.11 Å². The lowest BCUT2D eigenvalue weighted by Gasteiger charge is -2.08. The van der Waals surface area contributed by atoms with Crippen molar-refractivity contribution in [1.29, 1.82) is 0 Å². The van der Waals surface area contributed by atoms with E-state index < -0.39 is 6.10 Å². The van der Waals surface area contributed by atoms with Crippen molar-refractivity contribution in [2.24, 2.45) is 0 Å². The molecule has 0 bridgehead atoms. The first-order valence-corrected chi connectivity index (χ1v) is 9.32. The lowest BCUT2D eigenvalue weighted by Crippen LogP contribution is -1.94. The van der Waals surface area contributed by atoms with Crippen LogP contribution in [-0.2, 0) is 0 Å². The van der Waals surface area contributed by atoms with Crippen LogP contribution in [0.5, 0.6) is 0 Å². The zero-order valence-electron chi connectivity index (χ0n) is 13.4. The maximum atomic E-state index is 10.6. The Morgan fingerprint density at radius 3 is 2.10 bits per heavy atom. The fourth-order valence-electron chi connectivity index (χ4n) is 2.58. The van der Waals surface area contributed by atoms with Crippen LogP contribution in [0.15, 0.2) is 12.1 Å². The molecule has 0 amide bonds. The van der Waals surface area contributed by atoms with E-state index in [4.69, 9.17) is 0 Å². The highest BCUT2D eigenvalue weighted by Crippen LogP contribution is 2.26. The van der Waals surface area contributed by atoms with Crippen LogP contribution in [0.3, 0.4) is 0 Å². The van der Waals surface area contributed by atoms with Gasteiger partial charge in [-0.2, -0.15) is 0 Å². The van der Waals surface area contributed by atoms with Gasteiger partial charge in [0.2, 0.25) is 0 Å². The Hall–Kier alpha value is -0.670. The van der Waals surface area contributed by atoms with E-state index in [0.29, 0.717) is 4.88 Å². The first kappa shape index (κ1) is 18.4. The fourth-order valence-corrected chi connectivity index (χ4v) is 3.42. The molecule has 0 fully saturated rings. The summed E-state index contributed by atoms with van der Waals surface area (Å²) in [6.45, 7) is 2.25. The van der Waals surface area contributed by atoms with Gasteiger partial charge in [0, 0.05) is 4.88 Å². The summed E-state index contributed by atoms with van der Waals surface area (Å²) in [7, 11) is 0. The van der Waals surface area contributed by atoms with Crippen molar-refractivity contribution in [3.05, 3.63) is 21.9 Å². The molecule has 1 heterocycles. The molecule has 120 valence electrons. The van der Waals surface area contributed by atoms with Gasteiger partial charge in [0.15, 0.2) is 6.29 Å². The smallest absolute Gasteiger partial charge is 0.160 e. The standard InChI is InChI=1S/C18H30O2S/c1-2-3-4-5-6-7-8-9-10-11-12-17(20)18-14-13-16(15-19)21-18/h13-15,17,20H,2-12H2,1H3. The van der Waals surface area contributed by atoms with E-state index in [2.05, 4.69) is 6.92 Å². The maximum Gasteiger partial charge on any atom is 0.160 e. The fraction of sp³-hybridized carbons (Fsp3) is 0.722. The second kappa shape index (κ2) is 11.9. The van der Waals surface area contributed by atoms with Crippen LogP contribution >= 0.6 is 11.3 Å². The molecule has 0 aliphatic heterocycles. The van der Waals surface area contributed by atoms with Crippen molar-refractivity contribution in [1.82, 2.24) is 0 Å². The third-order valence-electron chi connectivity index (χ3n) is 3.92. The lowest BCUT2D eigenvalue weighted by atomic mass is 10.0. The normalized spacial score (nSPS) is 12.5. The largest absolute Gasteiger partial charge is 0.388 e. The number of aliphatic hydroxyl groups is 1. The summed E-state index contributed by atoms with van der Waals surface area (Å²) in [6.07, 6.45) is 14.4. The molecule has 1 N–H and O–H groups in total. The number of hydrogen-bond donors (Lipinski definition) is 1. The molecular weight excluding hydrogens is 280 g/mol. The molecule has 2 nitrogen and oxygen atoms in total. The van der Waals surface area contributed by atoms with Gasteiger partial charge in [-0.1, -0.05) is 71.1 Å². The summed E-state index contributed by atoms with van der Waals surface area (Å²) < 4.78 is 0. The molecule has 0 aliphatic rings. The Kier molecular flexibility index (Phi) is 10.4. The molecule has 1 aromatic rings. The van der Waals surface area contributed by atoms with Crippen molar-refractivity contribution in [2.75, 3.05) is 0 Å². The van der Waals surface area contributed by atoms with E-state index in [9.17, 15) is 9.90 Å². The molecule has 0 aromatic carbocycles. The molecule has 0 spiro atoms. The second-order valence-electron chi connectivity index (χ2n) is 5.84. The lowest BCUT2D eigenvalue weighted by molar-refractivity contribution is 0.112. The highest BCUT2D eigenvalue weighted by Gasteiger charge is 2.09. The van der Waals surface area contributed by atoms with Crippen molar-refractivity contribution in [3.8, 4) is 0 Å². The van der Waals surface area contributed by atoms with E-state index in [1.165, 1.54) is 69.1 Å². The first-order valence-electron chi connectivity index (χ1n) is 8.51. The quantitative estimate of drug-likeness (QED) is 0.363. The summed E-state index contributed by atoms with van der Waals surface area (Å²) >= 11 is 1.40.